The molecule has 170 valence electrons. The average Bonchev–Trinajstić information content (AvgIpc) is 3.02. The van der Waals surface area contributed by atoms with Gasteiger partial charge in [-0.2, -0.15) is 0 Å². The molecule has 1 N–H and O–H groups in total. The molecule has 0 radical (unpaired) electrons. The molecule has 1 aliphatic heterocycles. The van der Waals surface area contributed by atoms with Crippen molar-refractivity contribution in [2.24, 2.45) is 0 Å². The fourth-order valence-electron chi connectivity index (χ4n) is 4.94. The molecular formula is C25H29F2N3O2. The number of hydrogen-bond acceptors (Lipinski definition) is 3. The number of halogens is 2. The fourth-order valence-corrected chi connectivity index (χ4v) is 4.94. The van der Waals surface area contributed by atoms with Gasteiger partial charge in [0.1, 0.15) is 11.6 Å². The van der Waals surface area contributed by atoms with Gasteiger partial charge in [0.15, 0.2) is 0 Å². The Morgan fingerprint density at radius 3 is 2.31 bits per heavy atom. The molecule has 0 aliphatic carbocycles. The number of anilines is 1. The highest BCUT2D eigenvalue weighted by molar-refractivity contribution is 6.07. The Morgan fingerprint density at radius 2 is 1.72 bits per heavy atom. The van der Waals surface area contributed by atoms with Gasteiger partial charge in [-0.15, -0.1) is 0 Å². The largest absolute Gasteiger partial charge is 0.481 e. The van der Waals surface area contributed by atoms with E-state index in [1.165, 1.54) is 12.1 Å². The maximum atomic E-state index is 15.2. The molecule has 0 saturated heterocycles. The molecule has 4 rings (SSSR count). The predicted octanol–water partition coefficient (Wildman–Crippen LogP) is 4.52. The normalized spacial score (nSPS) is 13.4. The van der Waals surface area contributed by atoms with Crippen LogP contribution >= 0.6 is 0 Å². The van der Waals surface area contributed by atoms with Gasteiger partial charge in [-0.25, -0.2) is 8.78 Å². The van der Waals surface area contributed by atoms with Crippen LogP contribution in [0.3, 0.4) is 0 Å². The van der Waals surface area contributed by atoms with E-state index in [0.29, 0.717) is 22.1 Å². The Kier molecular flexibility index (Phi) is 5.71. The smallest absolute Gasteiger partial charge is 0.307 e. The molecule has 0 saturated carbocycles. The lowest BCUT2D eigenvalue weighted by Crippen LogP contribution is -2.37. The van der Waals surface area contributed by atoms with Crippen LogP contribution in [0.5, 0.6) is 0 Å². The molecule has 0 unspecified atom stereocenters. The molecule has 1 aromatic heterocycles. The van der Waals surface area contributed by atoms with Crippen molar-refractivity contribution in [1.82, 2.24) is 9.47 Å². The van der Waals surface area contributed by atoms with E-state index in [9.17, 15) is 9.90 Å². The number of hydrogen-bond donors (Lipinski definition) is 1. The topological polar surface area (TPSA) is 48.7 Å². The van der Waals surface area contributed by atoms with Crippen molar-refractivity contribution in [3.05, 3.63) is 52.2 Å². The molecule has 5 nitrogen and oxygen atoms in total. The van der Waals surface area contributed by atoms with Crippen molar-refractivity contribution in [2.75, 3.05) is 38.6 Å². The SMILES string of the molecule is Cc1cc(F)c(-c2c(CC(=O)O)c(C)c3c4c2cc(C)n4CCN3CCN(C)C)c(F)c1. The summed E-state index contributed by atoms with van der Waals surface area (Å²) in [4.78, 5) is 16.2. The third-order valence-electron chi connectivity index (χ3n) is 6.40. The highest BCUT2D eigenvalue weighted by Crippen LogP contribution is 2.46. The lowest BCUT2D eigenvalue weighted by atomic mass is 9.87. The summed E-state index contributed by atoms with van der Waals surface area (Å²) in [5.74, 6) is -2.37. The Balaban J connectivity index is 2.10. The van der Waals surface area contributed by atoms with Crippen LogP contribution in [0.25, 0.3) is 22.0 Å². The number of benzene rings is 2. The van der Waals surface area contributed by atoms with E-state index in [1.807, 2.05) is 34.0 Å². The zero-order chi connectivity index (χ0) is 23.3. The first-order valence-corrected chi connectivity index (χ1v) is 10.8. The van der Waals surface area contributed by atoms with Gasteiger partial charge >= 0.3 is 5.97 Å². The number of carboxylic acid groups (broad SMARTS) is 1. The number of rotatable bonds is 6. The number of likely N-dealkylation sites (N-methyl/N-ethyl adjacent to an activating group) is 1. The molecule has 32 heavy (non-hydrogen) atoms. The van der Waals surface area contributed by atoms with Gasteiger partial charge in [0.25, 0.3) is 0 Å². The Labute approximate surface area is 186 Å². The van der Waals surface area contributed by atoms with Crippen molar-refractivity contribution in [3.63, 3.8) is 0 Å². The average molecular weight is 442 g/mol. The number of aromatic nitrogens is 1. The number of aliphatic carboxylic acids is 1. The van der Waals surface area contributed by atoms with E-state index >= 15 is 8.78 Å². The standard InChI is InChI=1S/C25H29F2N3O2/c1-14-10-19(26)23(20(27)11-14)22-17(13-21(31)32)16(3)24-25-18(22)12-15(2)30(25)9-8-29(24)7-6-28(4)5/h10-12H,6-9,13H2,1-5H3,(H,31,32). The summed E-state index contributed by atoms with van der Waals surface area (Å²) in [5.41, 5.74) is 4.82. The van der Waals surface area contributed by atoms with Crippen molar-refractivity contribution in [3.8, 4) is 11.1 Å². The minimum Gasteiger partial charge on any atom is -0.481 e. The second kappa shape index (κ2) is 8.20. The number of nitrogens with zero attached hydrogens (tertiary/aromatic N) is 3. The van der Waals surface area contributed by atoms with Crippen LogP contribution in [0.15, 0.2) is 18.2 Å². The van der Waals surface area contributed by atoms with Gasteiger partial charge in [0.2, 0.25) is 0 Å². The quantitative estimate of drug-likeness (QED) is 0.611. The van der Waals surface area contributed by atoms with E-state index in [-0.39, 0.29) is 12.0 Å². The first-order valence-electron chi connectivity index (χ1n) is 10.8. The van der Waals surface area contributed by atoms with E-state index in [0.717, 1.165) is 48.6 Å². The zero-order valence-corrected chi connectivity index (χ0v) is 19.2. The summed E-state index contributed by atoms with van der Waals surface area (Å²) < 4.78 is 32.5. The second-order valence-corrected chi connectivity index (χ2v) is 8.99. The number of aryl methyl sites for hydroxylation is 2. The maximum absolute atomic E-state index is 15.2. The van der Waals surface area contributed by atoms with Gasteiger partial charge in [0.05, 0.1) is 23.2 Å². The highest BCUT2D eigenvalue weighted by Gasteiger charge is 2.30. The van der Waals surface area contributed by atoms with Gasteiger partial charge in [-0.3, -0.25) is 4.79 Å². The van der Waals surface area contributed by atoms with Gasteiger partial charge in [-0.05, 0) is 69.8 Å². The van der Waals surface area contributed by atoms with E-state index in [2.05, 4.69) is 14.4 Å². The summed E-state index contributed by atoms with van der Waals surface area (Å²) in [6.07, 6.45) is -0.303. The Hall–Kier alpha value is -2.93. The Bertz CT molecular complexity index is 1210. The van der Waals surface area contributed by atoms with Crippen LogP contribution in [0, 0.1) is 32.4 Å². The molecule has 1 aliphatic rings. The van der Waals surface area contributed by atoms with Crippen LogP contribution in [0.1, 0.15) is 22.4 Å². The molecule has 0 fully saturated rings. The molecule has 0 amide bonds. The predicted molar refractivity (Wildman–Crippen MR) is 124 cm³/mol. The monoisotopic (exact) mass is 441 g/mol. The summed E-state index contributed by atoms with van der Waals surface area (Å²) in [6.45, 7) is 8.69. The van der Waals surface area contributed by atoms with Crippen molar-refractivity contribution in [2.45, 2.75) is 33.7 Å². The first-order chi connectivity index (χ1) is 15.1. The summed E-state index contributed by atoms with van der Waals surface area (Å²) in [5, 5.41) is 10.4. The molecule has 0 spiro atoms. The fraction of sp³-hybridized carbons (Fsp3) is 0.400. The van der Waals surface area contributed by atoms with E-state index in [4.69, 9.17) is 0 Å². The molecular weight excluding hydrogens is 412 g/mol. The summed E-state index contributed by atoms with van der Waals surface area (Å²) >= 11 is 0. The van der Waals surface area contributed by atoms with Crippen LogP contribution in [-0.4, -0.2) is 54.3 Å². The maximum Gasteiger partial charge on any atom is 0.307 e. The molecule has 2 heterocycles. The van der Waals surface area contributed by atoms with Crippen molar-refractivity contribution >= 4 is 22.6 Å². The Morgan fingerprint density at radius 1 is 1.06 bits per heavy atom. The van der Waals surface area contributed by atoms with Crippen LogP contribution in [0.4, 0.5) is 14.5 Å². The van der Waals surface area contributed by atoms with Crippen LogP contribution in [-0.2, 0) is 17.8 Å². The minimum atomic E-state index is -1.03. The lowest BCUT2D eigenvalue weighted by Gasteiger charge is -2.35. The van der Waals surface area contributed by atoms with Crippen molar-refractivity contribution < 1.29 is 18.7 Å². The third kappa shape index (κ3) is 3.64. The van der Waals surface area contributed by atoms with E-state index in [1.54, 1.807) is 6.92 Å². The van der Waals surface area contributed by atoms with Gasteiger partial charge in [-0.1, -0.05) is 0 Å². The summed E-state index contributed by atoms with van der Waals surface area (Å²) in [7, 11) is 4.03. The second-order valence-electron chi connectivity index (χ2n) is 8.99. The summed E-state index contributed by atoms with van der Waals surface area (Å²) in [6, 6.07) is 4.54. The minimum absolute atomic E-state index is 0.149. The first kappa shape index (κ1) is 22.3. The van der Waals surface area contributed by atoms with E-state index < -0.39 is 17.6 Å². The zero-order valence-electron chi connectivity index (χ0n) is 19.2. The number of carboxylic acids is 1. The number of carbonyl (C=O) groups is 1. The molecule has 7 heteroatoms. The van der Waals surface area contributed by atoms with Crippen LogP contribution in [0.2, 0.25) is 0 Å². The molecule has 0 bridgehead atoms. The third-order valence-corrected chi connectivity index (χ3v) is 6.40. The van der Waals surface area contributed by atoms with Gasteiger partial charge in [0, 0.05) is 42.8 Å². The molecule has 0 atom stereocenters. The van der Waals surface area contributed by atoms with Gasteiger partial charge < -0.3 is 19.5 Å². The molecule has 3 aromatic rings. The highest BCUT2D eigenvalue weighted by atomic mass is 19.1. The lowest BCUT2D eigenvalue weighted by molar-refractivity contribution is -0.136. The molecule has 2 aromatic carbocycles. The van der Waals surface area contributed by atoms with Crippen molar-refractivity contribution in [1.29, 1.82) is 0 Å². The van der Waals surface area contributed by atoms with Crippen LogP contribution < -0.4 is 4.90 Å².